The van der Waals surface area contributed by atoms with Crippen molar-refractivity contribution < 1.29 is 13.6 Å². The fourth-order valence-corrected chi connectivity index (χ4v) is 1.98. The first-order valence-corrected chi connectivity index (χ1v) is 6.38. The van der Waals surface area contributed by atoms with E-state index in [-0.39, 0.29) is 35.6 Å². The SMILES string of the molecule is CC(C)CC(CN)NC(=O)c1cc(F)c(F)cc1Cl.Cl. The predicted octanol–water partition coefficient (Wildman–Crippen LogP) is 3.14. The number of carbonyl (C=O) groups is 1. The smallest absolute Gasteiger partial charge is 0.253 e. The van der Waals surface area contributed by atoms with Crippen molar-refractivity contribution >= 4 is 29.9 Å². The minimum atomic E-state index is -1.11. The molecule has 1 aromatic rings. The number of nitrogens with two attached hydrogens (primary N) is 1. The number of halogens is 4. The Kier molecular flexibility index (Phi) is 8.01. The van der Waals surface area contributed by atoms with Crippen LogP contribution in [0.5, 0.6) is 0 Å². The van der Waals surface area contributed by atoms with E-state index in [4.69, 9.17) is 17.3 Å². The van der Waals surface area contributed by atoms with E-state index in [0.29, 0.717) is 12.3 Å². The third kappa shape index (κ3) is 5.23. The first-order chi connectivity index (χ1) is 8.85. The summed E-state index contributed by atoms with van der Waals surface area (Å²) in [6.45, 7) is 4.27. The third-order valence-electron chi connectivity index (χ3n) is 2.63. The number of hydrogen-bond donors (Lipinski definition) is 2. The maximum atomic E-state index is 13.1. The molecule has 0 bridgehead atoms. The van der Waals surface area contributed by atoms with Crippen LogP contribution in [0.2, 0.25) is 5.02 Å². The van der Waals surface area contributed by atoms with Crippen LogP contribution in [0.4, 0.5) is 8.78 Å². The van der Waals surface area contributed by atoms with Crippen LogP contribution in [0.3, 0.4) is 0 Å². The van der Waals surface area contributed by atoms with Crippen LogP contribution in [0, 0.1) is 17.6 Å². The van der Waals surface area contributed by atoms with Gasteiger partial charge in [0.15, 0.2) is 11.6 Å². The molecule has 0 fully saturated rings. The predicted molar refractivity (Wildman–Crippen MR) is 78.4 cm³/mol. The number of nitrogens with one attached hydrogen (secondary N) is 1. The van der Waals surface area contributed by atoms with Gasteiger partial charge in [0.2, 0.25) is 0 Å². The molecule has 0 saturated carbocycles. The highest BCUT2D eigenvalue weighted by atomic mass is 35.5. The van der Waals surface area contributed by atoms with Gasteiger partial charge in [0.1, 0.15) is 0 Å². The van der Waals surface area contributed by atoms with Crippen molar-refractivity contribution in [3.63, 3.8) is 0 Å². The maximum Gasteiger partial charge on any atom is 0.253 e. The quantitative estimate of drug-likeness (QED) is 0.817. The van der Waals surface area contributed by atoms with Gasteiger partial charge in [-0.15, -0.1) is 12.4 Å². The number of hydrogen-bond acceptors (Lipinski definition) is 2. The van der Waals surface area contributed by atoms with Gasteiger partial charge < -0.3 is 11.1 Å². The molecule has 7 heteroatoms. The lowest BCUT2D eigenvalue weighted by atomic mass is 10.0. The molecule has 0 saturated heterocycles. The molecule has 0 aromatic heterocycles. The molecule has 20 heavy (non-hydrogen) atoms. The molecule has 1 amide bonds. The number of rotatable bonds is 5. The zero-order valence-corrected chi connectivity index (χ0v) is 12.8. The van der Waals surface area contributed by atoms with Crippen molar-refractivity contribution in [2.75, 3.05) is 6.54 Å². The van der Waals surface area contributed by atoms with Crippen molar-refractivity contribution in [2.24, 2.45) is 11.7 Å². The largest absolute Gasteiger partial charge is 0.348 e. The van der Waals surface area contributed by atoms with Crippen LogP contribution < -0.4 is 11.1 Å². The standard InChI is InChI=1S/C13H17ClF2N2O.ClH/c1-7(2)3-8(6-17)18-13(19)9-4-11(15)12(16)5-10(9)14;/h4-5,7-8H,3,6,17H2,1-2H3,(H,18,19);1H. The first kappa shape index (κ1) is 19.1. The first-order valence-electron chi connectivity index (χ1n) is 6.00. The highest BCUT2D eigenvalue weighted by Crippen LogP contribution is 2.20. The molecule has 0 aliphatic carbocycles. The number of amides is 1. The topological polar surface area (TPSA) is 55.1 Å². The van der Waals surface area contributed by atoms with E-state index in [2.05, 4.69) is 5.32 Å². The summed E-state index contributed by atoms with van der Waals surface area (Å²) in [6.07, 6.45) is 0.698. The summed E-state index contributed by atoms with van der Waals surface area (Å²) in [5, 5.41) is 2.54. The second-order valence-electron chi connectivity index (χ2n) is 4.78. The Bertz CT molecular complexity index is 470. The molecule has 0 aliphatic heterocycles. The van der Waals surface area contributed by atoms with Gasteiger partial charge in [-0.3, -0.25) is 4.79 Å². The lowest BCUT2D eigenvalue weighted by molar-refractivity contribution is 0.0933. The summed E-state index contributed by atoms with van der Waals surface area (Å²) in [7, 11) is 0. The van der Waals surface area contributed by atoms with Crippen LogP contribution in [0.25, 0.3) is 0 Å². The minimum absolute atomic E-state index is 0. The van der Waals surface area contributed by atoms with Crippen molar-refractivity contribution in [1.29, 1.82) is 0 Å². The molecule has 0 spiro atoms. The molecule has 0 heterocycles. The Hall–Kier alpha value is -0.910. The van der Waals surface area contributed by atoms with Crippen LogP contribution >= 0.6 is 24.0 Å². The van der Waals surface area contributed by atoms with Crippen molar-refractivity contribution in [3.05, 3.63) is 34.4 Å². The van der Waals surface area contributed by atoms with Crippen LogP contribution in [-0.4, -0.2) is 18.5 Å². The molecular weight excluding hydrogens is 309 g/mol. The summed E-state index contributed by atoms with van der Waals surface area (Å²) in [4.78, 5) is 11.9. The molecule has 3 N–H and O–H groups in total. The Morgan fingerprint density at radius 3 is 2.40 bits per heavy atom. The fourth-order valence-electron chi connectivity index (χ4n) is 1.74. The molecule has 1 aromatic carbocycles. The van der Waals surface area contributed by atoms with Gasteiger partial charge in [-0.25, -0.2) is 8.78 Å². The van der Waals surface area contributed by atoms with Crippen LogP contribution in [0.15, 0.2) is 12.1 Å². The average Bonchev–Trinajstić information content (AvgIpc) is 2.32. The second-order valence-corrected chi connectivity index (χ2v) is 5.19. The zero-order chi connectivity index (χ0) is 14.6. The van der Waals surface area contributed by atoms with E-state index in [9.17, 15) is 13.6 Å². The Labute approximate surface area is 128 Å². The molecule has 1 atom stereocenters. The molecule has 1 rings (SSSR count). The normalized spacial score (nSPS) is 11.9. The lowest BCUT2D eigenvalue weighted by Gasteiger charge is -2.19. The summed E-state index contributed by atoms with van der Waals surface area (Å²) >= 11 is 5.73. The summed E-state index contributed by atoms with van der Waals surface area (Å²) in [6, 6.07) is 1.35. The summed E-state index contributed by atoms with van der Waals surface area (Å²) in [5.41, 5.74) is 5.46. The average molecular weight is 327 g/mol. The monoisotopic (exact) mass is 326 g/mol. The Balaban J connectivity index is 0.00000361. The summed E-state index contributed by atoms with van der Waals surface area (Å²) < 4.78 is 26.0. The number of carbonyl (C=O) groups excluding carboxylic acids is 1. The molecule has 0 aliphatic rings. The Morgan fingerprint density at radius 2 is 1.90 bits per heavy atom. The lowest BCUT2D eigenvalue weighted by Crippen LogP contribution is -2.41. The molecule has 114 valence electrons. The van der Waals surface area contributed by atoms with Gasteiger partial charge in [-0.05, 0) is 24.5 Å². The second kappa shape index (κ2) is 8.39. The van der Waals surface area contributed by atoms with E-state index in [1.54, 1.807) is 0 Å². The summed E-state index contributed by atoms with van der Waals surface area (Å²) in [5.74, 6) is -2.39. The van der Waals surface area contributed by atoms with Gasteiger partial charge in [0, 0.05) is 12.6 Å². The third-order valence-corrected chi connectivity index (χ3v) is 2.94. The van der Waals surface area contributed by atoms with Gasteiger partial charge in [0.25, 0.3) is 5.91 Å². The van der Waals surface area contributed by atoms with E-state index >= 15 is 0 Å². The highest BCUT2D eigenvalue weighted by Gasteiger charge is 2.18. The molecule has 1 unspecified atom stereocenters. The van der Waals surface area contributed by atoms with E-state index in [1.165, 1.54) is 0 Å². The fraction of sp³-hybridized carbons (Fsp3) is 0.462. The van der Waals surface area contributed by atoms with E-state index < -0.39 is 17.5 Å². The zero-order valence-electron chi connectivity index (χ0n) is 11.3. The molecule has 3 nitrogen and oxygen atoms in total. The van der Waals surface area contributed by atoms with Gasteiger partial charge >= 0.3 is 0 Å². The van der Waals surface area contributed by atoms with Crippen molar-refractivity contribution in [1.82, 2.24) is 5.32 Å². The van der Waals surface area contributed by atoms with Gasteiger partial charge in [0.05, 0.1) is 10.6 Å². The maximum absolute atomic E-state index is 13.1. The van der Waals surface area contributed by atoms with E-state index in [1.807, 2.05) is 13.8 Å². The Morgan fingerprint density at radius 1 is 1.35 bits per heavy atom. The number of benzene rings is 1. The van der Waals surface area contributed by atoms with Gasteiger partial charge in [-0.2, -0.15) is 0 Å². The van der Waals surface area contributed by atoms with Crippen LogP contribution in [0.1, 0.15) is 30.6 Å². The highest BCUT2D eigenvalue weighted by molar-refractivity contribution is 6.33. The van der Waals surface area contributed by atoms with Crippen molar-refractivity contribution in [2.45, 2.75) is 26.3 Å². The minimum Gasteiger partial charge on any atom is -0.348 e. The van der Waals surface area contributed by atoms with Crippen LogP contribution in [-0.2, 0) is 0 Å². The van der Waals surface area contributed by atoms with E-state index in [0.717, 1.165) is 12.1 Å². The van der Waals surface area contributed by atoms with Crippen molar-refractivity contribution in [3.8, 4) is 0 Å². The molecule has 0 radical (unpaired) electrons. The molecular formula is C13H18Cl2F2N2O. The van der Waals surface area contributed by atoms with Gasteiger partial charge in [-0.1, -0.05) is 25.4 Å².